The minimum Gasteiger partial charge on any atom is -0.489 e. The van der Waals surface area contributed by atoms with Gasteiger partial charge in [0.2, 0.25) is 23.4 Å². The molecule has 0 aliphatic heterocycles. The maximum Gasteiger partial charge on any atom is 0.232 e. The van der Waals surface area contributed by atoms with Crippen LogP contribution in [0.5, 0.6) is 34.5 Å². The Balaban J connectivity index is 1.69. The maximum atomic E-state index is 6.94. The van der Waals surface area contributed by atoms with Gasteiger partial charge in [0.05, 0.1) is 39.6 Å². The highest BCUT2D eigenvalue weighted by atomic mass is 16.5. The van der Waals surface area contributed by atoms with E-state index < -0.39 is 0 Å². The van der Waals surface area contributed by atoms with Crippen LogP contribution in [-0.2, 0) is 0 Å². The Morgan fingerprint density at radius 3 is 0.560 bits per heavy atom. The van der Waals surface area contributed by atoms with Gasteiger partial charge < -0.3 is 39.1 Å². The molecule has 11 nitrogen and oxygen atoms in total. The van der Waals surface area contributed by atoms with Crippen molar-refractivity contribution in [3.63, 3.8) is 0 Å². The molecule has 0 unspecified atom stereocenters. The fourth-order valence-corrected chi connectivity index (χ4v) is 16.2. The van der Waals surface area contributed by atoms with Crippen LogP contribution in [0.1, 0.15) is 504 Å². The Kier molecular flexibility index (Phi) is 70.1. The van der Waals surface area contributed by atoms with E-state index in [9.17, 15) is 0 Å². The molecule has 116 heavy (non-hydrogen) atoms. The second kappa shape index (κ2) is 78.6. The highest BCUT2D eigenvalue weighted by Gasteiger charge is 2.21. The van der Waals surface area contributed by atoms with Crippen molar-refractivity contribution in [1.29, 1.82) is 0 Å². The standard InChI is InChI=1S/C105H185N5O6/c1-7-13-19-25-31-37-43-49-55-61-67-76-84-111-97-90-95(91-98(112-85-77-68-62-56-50-44-38-32-26-20-14-8-2)101(97)115-88-80-71-65-59-53-47-41-35-29-23-17-11-5)106-104-108-103(94-82-74-73-75-83-94)109-105(110-104)107-96-92-99(113-86-78-69-63-57-51-45-39-33-27-21-15-9-3)102(116-89-81-72-66-60-54-48-42-36-30-24-18-12-6)100(93-96)114-87-79-70-64-58-52-46-40-34-28-22-16-10-4/h73-75,82-83,90-93H,7-72,76-81,84-89H2,1-6H3,(H2,106,107,108,109,110). The minimum absolute atomic E-state index is 0.402. The van der Waals surface area contributed by atoms with E-state index in [0.717, 1.165) is 94.0 Å². The van der Waals surface area contributed by atoms with Crippen LogP contribution in [-0.4, -0.2) is 54.6 Å². The van der Waals surface area contributed by atoms with E-state index in [-0.39, 0.29) is 0 Å². The summed E-state index contributed by atoms with van der Waals surface area (Å²) in [7, 11) is 0. The van der Waals surface area contributed by atoms with Gasteiger partial charge in [0.15, 0.2) is 28.8 Å². The molecule has 666 valence electrons. The lowest BCUT2D eigenvalue weighted by Crippen LogP contribution is -2.09. The summed E-state index contributed by atoms with van der Waals surface area (Å²) in [6, 6.07) is 18.6. The number of anilines is 4. The Bertz CT molecular complexity index is 2500. The van der Waals surface area contributed by atoms with Crippen LogP contribution in [0.3, 0.4) is 0 Å². The second-order valence-corrected chi connectivity index (χ2v) is 35.0. The maximum absolute atomic E-state index is 6.94. The zero-order valence-electron chi connectivity index (χ0n) is 77.1. The summed E-state index contributed by atoms with van der Waals surface area (Å²) in [5.74, 6) is 5.56. The zero-order valence-corrected chi connectivity index (χ0v) is 77.1. The van der Waals surface area contributed by atoms with Gasteiger partial charge in [-0.2, -0.15) is 15.0 Å². The molecule has 0 atom stereocenters. The molecule has 0 saturated heterocycles. The number of hydrogen-bond donors (Lipinski definition) is 2. The largest absolute Gasteiger partial charge is 0.489 e. The first kappa shape index (κ1) is 103. The first-order chi connectivity index (χ1) is 57.5. The van der Waals surface area contributed by atoms with Crippen LogP contribution in [0.15, 0.2) is 54.6 Å². The van der Waals surface area contributed by atoms with Crippen molar-refractivity contribution < 1.29 is 28.4 Å². The average molecular weight is 1610 g/mol. The lowest BCUT2D eigenvalue weighted by molar-refractivity contribution is 0.234. The van der Waals surface area contributed by atoms with Crippen molar-refractivity contribution in [2.24, 2.45) is 0 Å². The van der Waals surface area contributed by atoms with Gasteiger partial charge in [0, 0.05) is 41.2 Å². The van der Waals surface area contributed by atoms with E-state index in [4.69, 9.17) is 43.4 Å². The molecule has 3 aromatic carbocycles. The van der Waals surface area contributed by atoms with Crippen LogP contribution in [0.25, 0.3) is 11.4 Å². The molecule has 0 radical (unpaired) electrons. The summed E-state index contributed by atoms with van der Waals surface area (Å²) in [5.41, 5.74) is 2.43. The Labute approximate surface area is 717 Å². The van der Waals surface area contributed by atoms with Gasteiger partial charge in [-0.05, 0) is 38.5 Å². The van der Waals surface area contributed by atoms with Gasteiger partial charge in [-0.1, -0.05) is 496 Å². The summed E-state index contributed by atoms with van der Waals surface area (Å²) in [6.07, 6.45) is 93.3. The quantitative estimate of drug-likeness (QED) is 0.0412. The molecule has 4 rings (SSSR count). The first-order valence-corrected chi connectivity index (χ1v) is 51.0. The van der Waals surface area contributed by atoms with E-state index >= 15 is 0 Å². The van der Waals surface area contributed by atoms with Gasteiger partial charge >= 0.3 is 0 Å². The van der Waals surface area contributed by atoms with Crippen LogP contribution in [0, 0.1) is 0 Å². The third kappa shape index (κ3) is 57.3. The number of hydrogen-bond acceptors (Lipinski definition) is 11. The molecule has 0 saturated carbocycles. The van der Waals surface area contributed by atoms with E-state index in [1.54, 1.807) is 0 Å². The van der Waals surface area contributed by atoms with E-state index in [1.165, 1.54) is 385 Å². The van der Waals surface area contributed by atoms with Crippen LogP contribution in [0.2, 0.25) is 0 Å². The monoisotopic (exact) mass is 1610 g/mol. The number of ether oxygens (including phenoxy) is 6. The molecule has 1 aromatic heterocycles. The van der Waals surface area contributed by atoms with Crippen LogP contribution >= 0.6 is 0 Å². The highest BCUT2D eigenvalue weighted by molar-refractivity contribution is 5.70. The highest BCUT2D eigenvalue weighted by Crippen LogP contribution is 2.44. The van der Waals surface area contributed by atoms with E-state index in [1.807, 2.05) is 18.2 Å². The third-order valence-electron chi connectivity index (χ3n) is 23.7. The Morgan fingerprint density at radius 1 is 0.198 bits per heavy atom. The van der Waals surface area contributed by atoms with Crippen molar-refractivity contribution in [2.45, 2.75) is 504 Å². The lowest BCUT2D eigenvalue weighted by Gasteiger charge is -2.20. The van der Waals surface area contributed by atoms with Gasteiger partial charge in [-0.3, -0.25) is 0 Å². The minimum atomic E-state index is 0.402. The fourth-order valence-electron chi connectivity index (χ4n) is 16.2. The van der Waals surface area contributed by atoms with Crippen molar-refractivity contribution in [1.82, 2.24) is 15.0 Å². The first-order valence-electron chi connectivity index (χ1n) is 51.0. The topological polar surface area (TPSA) is 118 Å². The molecule has 11 heteroatoms. The second-order valence-electron chi connectivity index (χ2n) is 35.0. The average Bonchev–Trinajstić information content (AvgIpc) is 0.824. The SMILES string of the molecule is CCCCCCCCCCCCCCOc1cc(Nc2nc(Nc3cc(OCCCCCCCCCCCCCC)c(OCCCCCCCCCCCCCC)c(OCCCCCCCCCCCCCC)c3)nc(-c3ccccc3)n2)cc(OCCCCCCCCCCCCCC)c1OCCCCCCCCCCCCCC. The van der Waals surface area contributed by atoms with Gasteiger partial charge in [0.1, 0.15) is 0 Å². The summed E-state index contributed by atoms with van der Waals surface area (Å²) in [6.45, 7) is 17.5. The molecule has 2 N–H and O–H groups in total. The number of rotatable bonds is 89. The van der Waals surface area contributed by atoms with Crippen molar-refractivity contribution >= 4 is 23.3 Å². The number of unbranched alkanes of at least 4 members (excludes halogenated alkanes) is 66. The summed E-state index contributed by atoms with van der Waals surface area (Å²) in [4.78, 5) is 15.6. The molecule has 0 spiro atoms. The number of benzene rings is 3. The fraction of sp³-hybridized carbons (Fsp3) is 0.800. The van der Waals surface area contributed by atoms with E-state index in [2.05, 4.69) is 88.6 Å². The molecule has 0 fully saturated rings. The summed E-state index contributed by atoms with van der Waals surface area (Å²) >= 11 is 0. The smallest absolute Gasteiger partial charge is 0.232 e. The van der Waals surface area contributed by atoms with Gasteiger partial charge in [-0.25, -0.2) is 0 Å². The molecule has 0 aliphatic rings. The summed E-state index contributed by atoms with van der Waals surface area (Å²) in [5, 5.41) is 7.41. The van der Waals surface area contributed by atoms with Crippen molar-refractivity contribution in [3.8, 4) is 45.9 Å². The number of aromatic nitrogens is 3. The zero-order chi connectivity index (χ0) is 82.2. The Morgan fingerprint density at radius 2 is 0.371 bits per heavy atom. The molecule has 1 heterocycles. The van der Waals surface area contributed by atoms with E-state index in [0.29, 0.717) is 91.9 Å². The summed E-state index contributed by atoms with van der Waals surface area (Å²) < 4.78 is 41.6. The van der Waals surface area contributed by atoms with Gasteiger partial charge in [0.25, 0.3) is 0 Å². The normalized spacial score (nSPS) is 11.5. The molecule has 0 bridgehead atoms. The predicted molar refractivity (Wildman–Crippen MR) is 504 cm³/mol. The van der Waals surface area contributed by atoms with Crippen LogP contribution < -0.4 is 39.1 Å². The van der Waals surface area contributed by atoms with Crippen LogP contribution in [0.4, 0.5) is 23.3 Å². The third-order valence-corrected chi connectivity index (χ3v) is 23.7. The Hall–Kier alpha value is -4.93. The molecule has 0 amide bonds. The number of nitrogens with one attached hydrogen (secondary N) is 2. The number of nitrogens with zero attached hydrogens (tertiary/aromatic N) is 3. The van der Waals surface area contributed by atoms with Crippen molar-refractivity contribution in [3.05, 3.63) is 54.6 Å². The molecule has 4 aromatic rings. The molecular weight excluding hydrogens is 1430 g/mol. The molecular formula is C105H185N5O6. The predicted octanol–water partition coefficient (Wildman–Crippen LogP) is 35.5. The lowest BCUT2D eigenvalue weighted by atomic mass is 10.1. The van der Waals surface area contributed by atoms with Crippen molar-refractivity contribution in [2.75, 3.05) is 50.3 Å². The van der Waals surface area contributed by atoms with Gasteiger partial charge in [-0.15, -0.1) is 0 Å². The molecule has 0 aliphatic carbocycles.